The fourth-order valence-electron chi connectivity index (χ4n) is 2.77. The Labute approximate surface area is 147 Å². The Hall–Kier alpha value is -2.44. The van der Waals surface area contributed by atoms with Crippen LogP contribution in [-0.2, 0) is 11.3 Å². The van der Waals surface area contributed by atoms with Crippen LogP contribution in [0.25, 0.3) is 0 Å². The summed E-state index contributed by atoms with van der Waals surface area (Å²) in [5, 5.41) is 11.9. The van der Waals surface area contributed by atoms with E-state index in [4.69, 9.17) is 14.6 Å². The van der Waals surface area contributed by atoms with Crippen molar-refractivity contribution < 1.29 is 24.2 Å². The number of carbonyl (C=O) groups excluding carboxylic acids is 1. The molecule has 1 fully saturated rings. The van der Waals surface area contributed by atoms with E-state index in [2.05, 4.69) is 5.32 Å². The lowest BCUT2D eigenvalue weighted by Crippen LogP contribution is -2.45. The van der Waals surface area contributed by atoms with Crippen molar-refractivity contribution in [2.24, 2.45) is 5.92 Å². The van der Waals surface area contributed by atoms with Gasteiger partial charge in [-0.25, -0.2) is 4.79 Å². The van der Waals surface area contributed by atoms with Gasteiger partial charge in [-0.2, -0.15) is 0 Å². The standard InChI is InChI=1S/C18H26N2O5/c1-3-10-25-15-5-4-13(11-16(15)24-2)12-19-18(23)20-8-6-14(7-9-20)17(21)22/h4-5,11,14H,3,6-10,12H2,1-2H3,(H,19,23)(H,21,22). The molecule has 1 aliphatic heterocycles. The number of benzene rings is 1. The molecular weight excluding hydrogens is 324 g/mol. The van der Waals surface area contributed by atoms with E-state index in [1.807, 2.05) is 25.1 Å². The molecule has 7 heteroatoms. The average Bonchev–Trinajstić information content (AvgIpc) is 2.64. The maximum absolute atomic E-state index is 12.2. The first-order chi connectivity index (χ1) is 12.0. The summed E-state index contributed by atoms with van der Waals surface area (Å²) < 4.78 is 11.0. The molecule has 7 nitrogen and oxygen atoms in total. The third kappa shape index (κ3) is 5.27. The van der Waals surface area contributed by atoms with E-state index in [9.17, 15) is 9.59 Å². The Kier molecular flexibility index (Phi) is 6.91. The van der Waals surface area contributed by atoms with E-state index in [0.717, 1.165) is 12.0 Å². The van der Waals surface area contributed by atoms with Crippen LogP contribution in [0.3, 0.4) is 0 Å². The molecule has 0 radical (unpaired) electrons. The summed E-state index contributed by atoms with van der Waals surface area (Å²) in [7, 11) is 1.59. The highest BCUT2D eigenvalue weighted by Crippen LogP contribution is 2.28. The highest BCUT2D eigenvalue weighted by atomic mass is 16.5. The van der Waals surface area contributed by atoms with E-state index in [0.29, 0.717) is 50.6 Å². The van der Waals surface area contributed by atoms with Crippen LogP contribution in [0.15, 0.2) is 18.2 Å². The van der Waals surface area contributed by atoms with Crippen LogP contribution >= 0.6 is 0 Å². The predicted octanol–water partition coefficient (Wildman–Crippen LogP) is 2.49. The molecule has 25 heavy (non-hydrogen) atoms. The van der Waals surface area contributed by atoms with Gasteiger partial charge in [0.05, 0.1) is 19.6 Å². The van der Waals surface area contributed by atoms with Gasteiger partial charge in [-0.15, -0.1) is 0 Å². The second-order valence-corrected chi connectivity index (χ2v) is 6.09. The number of hydrogen-bond acceptors (Lipinski definition) is 4. The molecule has 1 heterocycles. The van der Waals surface area contributed by atoms with Gasteiger partial charge >= 0.3 is 12.0 Å². The molecule has 0 aliphatic carbocycles. The quantitative estimate of drug-likeness (QED) is 0.789. The number of nitrogens with zero attached hydrogens (tertiary/aromatic N) is 1. The number of hydrogen-bond donors (Lipinski definition) is 2. The fourth-order valence-corrected chi connectivity index (χ4v) is 2.77. The number of aliphatic carboxylic acids is 1. The molecule has 0 aromatic heterocycles. The van der Waals surface area contributed by atoms with Crippen LogP contribution < -0.4 is 14.8 Å². The summed E-state index contributed by atoms with van der Waals surface area (Å²) in [6, 6.07) is 5.41. The van der Waals surface area contributed by atoms with Crippen LogP contribution in [-0.4, -0.2) is 48.8 Å². The number of likely N-dealkylation sites (tertiary alicyclic amines) is 1. The van der Waals surface area contributed by atoms with Crippen molar-refractivity contribution in [3.63, 3.8) is 0 Å². The van der Waals surface area contributed by atoms with Crippen LogP contribution in [0.2, 0.25) is 0 Å². The molecular formula is C18H26N2O5. The minimum Gasteiger partial charge on any atom is -0.493 e. The first kappa shape index (κ1) is 18.9. The van der Waals surface area contributed by atoms with Gasteiger partial charge in [-0.1, -0.05) is 13.0 Å². The normalized spacial score (nSPS) is 14.9. The average molecular weight is 350 g/mol. The summed E-state index contributed by atoms with van der Waals surface area (Å²) in [4.78, 5) is 24.8. The Morgan fingerprint density at radius 1 is 1.28 bits per heavy atom. The SMILES string of the molecule is CCCOc1ccc(CNC(=O)N2CCC(C(=O)O)CC2)cc1OC. The molecule has 0 unspecified atom stereocenters. The molecule has 2 amide bonds. The zero-order chi connectivity index (χ0) is 18.2. The van der Waals surface area contributed by atoms with E-state index >= 15 is 0 Å². The maximum Gasteiger partial charge on any atom is 0.317 e. The number of rotatable bonds is 7. The zero-order valence-electron chi connectivity index (χ0n) is 14.8. The molecule has 0 bridgehead atoms. The van der Waals surface area contributed by atoms with Crippen molar-refractivity contribution in [3.8, 4) is 11.5 Å². The lowest BCUT2D eigenvalue weighted by atomic mass is 9.97. The second kappa shape index (κ2) is 9.15. The van der Waals surface area contributed by atoms with Crippen molar-refractivity contribution in [3.05, 3.63) is 23.8 Å². The van der Waals surface area contributed by atoms with Crippen LogP contribution in [0.4, 0.5) is 4.79 Å². The number of carboxylic acids is 1. The van der Waals surface area contributed by atoms with Crippen molar-refractivity contribution in [2.45, 2.75) is 32.7 Å². The number of nitrogens with one attached hydrogen (secondary N) is 1. The van der Waals surface area contributed by atoms with E-state index in [-0.39, 0.29) is 11.9 Å². The molecule has 2 rings (SSSR count). The molecule has 0 atom stereocenters. The van der Waals surface area contributed by atoms with E-state index in [1.54, 1.807) is 12.0 Å². The van der Waals surface area contributed by atoms with Crippen molar-refractivity contribution >= 4 is 12.0 Å². The molecule has 1 saturated heterocycles. The molecule has 1 aromatic rings. The smallest absolute Gasteiger partial charge is 0.317 e. The number of carbonyl (C=O) groups is 2. The Morgan fingerprint density at radius 2 is 2.00 bits per heavy atom. The Bertz CT molecular complexity index is 597. The van der Waals surface area contributed by atoms with Crippen LogP contribution in [0, 0.1) is 5.92 Å². The second-order valence-electron chi connectivity index (χ2n) is 6.09. The van der Waals surface area contributed by atoms with Gasteiger partial charge in [-0.05, 0) is 37.0 Å². The molecule has 138 valence electrons. The largest absolute Gasteiger partial charge is 0.493 e. The first-order valence-corrected chi connectivity index (χ1v) is 8.60. The van der Waals surface area contributed by atoms with Gasteiger partial charge < -0.3 is 24.8 Å². The third-order valence-corrected chi connectivity index (χ3v) is 4.26. The lowest BCUT2D eigenvalue weighted by molar-refractivity contribution is -0.143. The molecule has 2 N–H and O–H groups in total. The Balaban J connectivity index is 1.86. The monoisotopic (exact) mass is 350 g/mol. The van der Waals surface area contributed by atoms with Gasteiger partial charge in [-0.3, -0.25) is 4.79 Å². The third-order valence-electron chi connectivity index (χ3n) is 4.26. The molecule has 0 saturated carbocycles. The number of urea groups is 1. The lowest BCUT2D eigenvalue weighted by Gasteiger charge is -2.30. The van der Waals surface area contributed by atoms with Crippen molar-refractivity contribution in [1.29, 1.82) is 0 Å². The highest BCUT2D eigenvalue weighted by Gasteiger charge is 2.26. The summed E-state index contributed by atoms with van der Waals surface area (Å²) in [5.74, 6) is 0.208. The van der Waals surface area contributed by atoms with Crippen molar-refractivity contribution in [1.82, 2.24) is 10.2 Å². The summed E-state index contributed by atoms with van der Waals surface area (Å²) in [6.07, 6.45) is 1.92. The van der Waals surface area contributed by atoms with E-state index in [1.165, 1.54) is 0 Å². The topological polar surface area (TPSA) is 88.1 Å². The number of ether oxygens (including phenoxy) is 2. The molecule has 1 aromatic carbocycles. The van der Waals surface area contributed by atoms with Gasteiger partial charge in [0.15, 0.2) is 11.5 Å². The zero-order valence-corrected chi connectivity index (χ0v) is 14.8. The number of amides is 2. The number of carboxylic acid groups (broad SMARTS) is 1. The fraction of sp³-hybridized carbons (Fsp3) is 0.556. The minimum absolute atomic E-state index is 0.172. The molecule has 1 aliphatic rings. The van der Waals surface area contributed by atoms with Gasteiger partial charge in [0.25, 0.3) is 0 Å². The van der Waals surface area contributed by atoms with Crippen LogP contribution in [0.1, 0.15) is 31.7 Å². The summed E-state index contributed by atoms with van der Waals surface area (Å²) in [5.41, 5.74) is 0.912. The van der Waals surface area contributed by atoms with E-state index < -0.39 is 5.97 Å². The first-order valence-electron chi connectivity index (χ1n) is 8.60. The van der Waals surface area contributed by atoms with Crippen LogP contribution in [0.5, 0.6) is 11.5 Å². The number of methoxy groups -OCH3 is 1. The minimum atomic E-state index is -0.780. The van der Waals surface area contributed by atoms with Gasteiger partial charge in [0.1, 0.15) is 0 Å². The van der Waals surface area contributed by atoms with Crippen molar-refractivity contribution in [2.75, 3.05) is 26.8 Å². The Morgan fingerprint density at radius 3 is 2.60 bits per heavy atom. The van der Waals surface area contributed by atoms with Gasteiger partial charge in [0, 0.05) is 19.6 Å². The summed E-state index contributed by atoms with van der Waals surface area (Å²) in [6.45, 7) is 3.97. The summed E-state index contributed by atoms with van der Waals surface area (Å²) >= 11 is 0. The maximum atomic E-state index is 12.2. The molecule has 0 spiro atoms. The highest BCUT2D eigenvalue weighted by molar-refractivity contribution is 5.75. The van der Waals surface area contributed by atoms with Gasteiger partial charge in [0.2, 0.25) is 0 Å². The predicted molar refractivity (Wildman–Crippen MR) is 92.9 cm³/mol. The number of piperidine rings is 1.